The third kappa shape index (κ3) is 4.02. The summed E-state index contributed by atoms with van der Waals surface area (Å²) in [4.78, 5) is 0.0457. The fourth-order valence-electron chi connectivity index (χ4n) is 1.39. The molecule has 0 spiro atoms. The van der Waals surface area contributed by atoms with E-state index in [-0.39, 0.29) is 10.5 Å². The SMILES string of the molecule is CSC(C)CCNS(=O)(=O)c1ccccc1C#N. The largest absolute Gasteiger partial charge is 0.241 e. The Balaban J connectivity index is 2.78. The van der Waals surface area contributed by atoms with Crippen LogP contribution in [0.3, 0.4) is 0 Å². The molecule has 6 heteroatoms. The first-order valence-electron chi connectivity index (χ1n) is 5.53. The van der Waals surface area contributed by atoms with Crippen LogP contribution in [0, 0.1) is 11.3 Å². The number of nitrogens with zero attached hydrogens (tertiary/aromatic N) is 1. The van der Waals surface area contributed by atoms with Gasteiger partial charge < -0.3 is 0 Å². The molecule has 1 atom stereocenters. The molecule has 0 radical (unpaired) electrons. The van der Waals surface area contributed by atoms with Crippen LogP contribution in [-0.2, 0) is 10.0 Å². The van der Waals surface area contributed by atoms with Gasteiger partial charge in [0.2, 0.25) is 10.0 Å². The first-order chi connectivity index (χ1) is 8.51. The molecule has 0 saturated carbocycles. The van der Waals surface area contributed by atoms with Crippen molar-refractivity contribution in [3.8, 4) is 6.07 Å². The Morgan fingerprint density at radius 3 is 2.72 bits per heavy atom. The maximum absolute atomic E-state index is 12.0. The van der Waals surface area contributed by atoms with E-state index in [0.29, 0.717) is 11.8 Å². The van der Waals surface area contributed by atoms with Crippen molar-refractivity contribution in [2.45, 2.75) is 23.5 Å². The summed E-state index contributed by atoms with van der Waals surface area (Å²) in [5, 5.41) is 9.29. The molecule has 1 N–H and O–H groups in total. The molecule has 0 aliphatic heterocycles. The van der Waals surface area contributed by atoms with Crippen LogP contribution >= 0.6 is 11.8 Å². The van der Waals surface area contributed by atoms with Crippen molar-refractivity contribution in [2.75, 3.05) is 12.8 Å². The fraction of sp³-hybridized carbons (Fsp3) is 0.417. The molecular formula is C12H16N2O2S2. The summed E-state index contributed by atoms with van der Waals surface area (Å²) in [7, 11) is -3.59. The first kappa shape index (κ1) is 15.0. The summed E-state index contributed by atoms with van der Waals surface area (Å²) in [6.45, 7) is 2.42. The molecule has 0 aliphatic carbocycles. The number of hydrogen-bond acceptors (Lipinski definition) is 4. The minimum Gasteiger partial charge on any atom is -0.211 e. The van der Waals surface area contributed by atoms with Gasteiger partial charge in [0.15, 0.2) is 0 Å². The molecule has 0 bridgehead atoms. The molecule has 1 aromatic rings. The van der Waals surface area contributed by atoms with Crippen molar-refractivity contribution in [2.24, 2.45) is 0 Å². The Labute approximate surface area is 112 Å². The maximum Gasteiger partial charge on any atom is 0.241 e. The van der Waals surface area contributed by atoms with Gasteiger partial charge in [0.05, 0.1) is 10.5 Å². The molecule has 1 rings (SSSR count). The summed E-state index contributed by atoms with van der Waals surface area (Å²) < 4.78 is 26.5. The highest BCUT2D eigenvalue weighted by Gasteiger charge is 2.17. The lowest BCUT2D eigenvalue weighted by Gasteiger charge is -2.10. The van der Waals surface area contributed by atoms with Crippen molar-refractivity contribution in [1.82, 2.24) is 4.72 Å². The van der Waals surface area contributed by atoms with Gasteiger partial charge in [-0.05, 0) is 24.8 Å². The lowest BCUT2D eigenvalue weighted by molar-refractivity contribution is 0.578. The van der Waals surface area contributed by atoms with Crippen molar-refractivity contribution >= 4 is 21.8 Å². The third-order valence-corrected chi connectivity index (χ3v) is 5.10. The predicted octanol–water partition coefficient (Wildman–Crippen LogP) is 1.98. The Hall–Kier alpha value is -1.03. The fourth-order valence-corrected chi connectivity index (χ4v) is 2.94. The third-order valence-electron chi connectivity index (χ3n) is 2.54. The smallest absolute Gasteiger partial charge is 0.211 e. The van der Waals surface area contributed by atoms with Crippen molar-refractivity contribution in [3.63, 3.8) is 0 Å². The number of nitrogens with one attached hydrogen (secondary N) is 1. The number of sulfonamides is 1. The van der Waals surface area contributed by atoms with Gasteiger partial charge in [0.25, 0.3) is 0 Å². The number of thioether (sulfide) groups is 1. The second-order valence-corrected chi connectivity index (χ2v) is 6.85. The topological polar surface area (TPSA) is 70.0 Å². The van der Waals surface area contributed by atoms with Gasteiger partial charge in [-0.1, -0.05) is 19.1 Å². The quantitative estimate of drug-likeness (QED) is 0.867. The van der Waals surface area contributed by atoms with E-state index < -0.39 is 10.0 Å². The van der Waals surface area contributed by atoms with E-state index in [4.69, 9.17) is 5.26 Å². The zero-order valence-electron chi connectivity index (χ0n) is 10.4. The lowest BCUT2D eigenvalue weighted by Crippen LogP contribution is -2.26. The maximum atomic E-state index is 12.0. The summed E-state index contributed by atoms with van der Waals surface area (Å²) >= 11 is 1.69. The van der Waals surface area contributed by atoms with E-state index in [1.165, 1.54) is 12.1 Å². The molecule has 0 aliphatic rings. The molecule has 0 saturated heterocycles. The minimum atomic E-state index is -3.59. The van der Waals surface area contributed by atoms with Crippen molar-refractivity contribution < 1.29 is 8.42 Å². The second-order valence-electron chi connectivity index (χ2n) is 3.84. The Morgan fingerprint density at radius 1 is 1.44 bits per heavy atom. The van der Waals surface area contributed by atoms with Crippen molar-refractivity contribution in [3.05, 3.63) is 29.8 Å². The van der Waals surface area contributed by atoms with Gasteiger partial charge in [-0.3, -0.25) is 0 Å². The second kappa shape index (κ2) is 6.78. The van der Waals surface area contributed by atoms with Crippen LogP contribution in [0.1, 0.15) is 18.9 Å². The number of hydrogen-bond donors (Lipinski definition) is 1. The average Bonchev–Trinajstić information content (AvgIpc) is 2.38. The molecule has 0 amide bonds. The van der Waals surface area contributed by atoms with E-state index >= 15 is 0 Å². The van der Waals surface area contributed by atoms with Gasteiger partial charge in [0.1, 0.15) is 6.07 Å². The number of nitriles is 1. The normalized spacial score (nSPS) is 12.9. The highest BCUT2D eigenvalue weighted by atomic mass is 32.2. The predicted molar refractivity (Wildman–Crippen MR) is 73.9 cm³/mol. The van der Waals surface area contributed by atoms with E-state index in [2.05, 4.69) is 4.72 Å². The van der Waals surface area contributed by atoms with E-state index in [9.17, 15) is 8.42 Å². The van der Waals surface area contributed by atoms with E-state index in [1.807, 2.05) is 19.2 Å². The van der Waals surface area contributed by atoms with Gasteiger partial charge in [-0.15, -0.1) is 0 Å². The molecule has 1 unspecified atom stereocenters. The average molecular weight is 284 g/mol. The molecule has 18 heavy (non-hydrogen) atoms. The van der Waals surface area contributed by atoms with Crippen LogP contribution in [-0.4, -0.2) is 26.5 Å². The molecule has 1 aromatic carbocycles. The van der Waals surface area contributed by atoms with Crippen LogP contribution in [0.15, 0.2) is 29.2 Å². The lowest BCUT2D eigenvalue weighted by atomic mass is 10.2. The summed E-state index contributed by atoms with van der Waals surface area (Å²) in [5.74, 6) is 0. The molecule has 0 aromatic heterocycles. The van der Waals surface area contributed by atoms with Crippen LogP contribution < -0.4 is 4.72 Å². The summed E-state index contributed by atoms with van der Waals surface area (Å²) in [5.41, 5.74) is 0.169. The molecule has 4 nitrogen and oxygen atoms in total. The Morgan fingerprint density at radius 2 is 2.11 bits per heavy atom. The van der Waals surface area contributed by atoms with Crippen LogP contribution in [0.2, 0.25) is 0 Å². The number of rotatable bonds is 6. The molecule has 0 fully saturated rings. The van der Waals surface area contributed by atoms with Gasteiger partial charge in [-0.2, -0.15) is 17.0 Å². The Bertz CT molecular complexity index is 535. The summed E-state index contributed by atoms with van der Waals surface area (Å²) in [6, 6.07) is 8.09. The first-order valence-corrected chi connectivity index (χ1v) is 8.30. The van der Waals surface area contributed by atoms with Crippen LogP contribution in [0.4, 0.5) is 0 Å². The molecular weight excluding hydrogens is 268 g/mol. The highest BCUT2D eigenvalue weighted by molar-refractivity contribution is 7.99. The van der Waals surface area contributed by atoms with Gasteiger partial charge in [-0.25, -0.2) is 13.1 Å². The molecule has 0 heterocycles. The highest BCUT2D eigenvalue weighted by Crippen LogP contribution is 2.14. The zero-order valence-corrected chi connectivity index (χ0v) is 12.0. The number of benzene rings is 1. The Kier molecular flexibility index (Phi) is 5.66. The van der Waals surface area contributed by atoms with E-state index in [1.54, 1.807) is 23.9 Å². The van der Waals surface area contributed by atoms with Gasteiger partial charge >= 0.3 is 0 Å². The molecule has 98 valence electrons. The van der Waals surface area contributed by atoms with Crippen LogP contribution in [0.25, 0.3) is 0 Å². The minimum absolute atomic E-state index is 0.0457. The van der Waals surface area contributed by atoms with Crippen LogP contribution in [0.5, 0.6) is 0 Å². The van der Waals surface area contributed by atoms with Gasteiger partial charge in [0, 0.05) is 11.8 Å². The summed E-state index contributed by atoms with van der Waals surface area (Å²) in [6.07, 6.45) is 2.75. The van der Waals surface area contributed by atoms with E-state index in [0.717, 1.165) is 6.42 Å². The monoisotopic (exact) mass is 284 g/mol. The van der Waals surface area contributed by atoms with Crippen molar-refractivity contribution in [1.29, 1.82) is 5.26 Å². The zero-order chi connectivity index (χ0) is 13.6. The standard InChI is InChI=1S/C12H16N2O2S2/c1-10(17-2)7-8-14-18(15,16)12-6-4-3-5-11(12)9-13/h3-6,10,14H,7-8H2,1-2H3.